The zero-order chi connectivity index (χ0) is 15.6. The molecule has 23 heavy (non-hydrogen) atoms. The van der Waals surface area contributed by atoms with Gasteiger partial charge in [-0.3, -0.25) is 9.78 Å². The zero-order valence-corrected chi connectivity index (χ0v) is 12.7. The van der Waals surface area contributed by atoms with Crippen molar-refractivity contribution in [3.63, 3.8) is 0 Å². The fraction of sp³-hybridized carbons (Fsp3) is 0.0625. The topological polar surface area (TPSA) is 73.3 Å². The molecule has 6 nitrogen and oxygen atoms in total. The number of nitrogens with zero attached hydrogens (tertiary/aromatic N) is 2. The fourth-order valence-electron chi connectivity index (χ4n) is 2.17. The van der Waals surface area contributed by atoms with Gasteiger partial charge in [0.1, 0.15) is 9.88 Å². The number of amides is 1. The predicted octanol–water partition coefficient (Wildman–Crippen LogP) is 3.19. The average Bonchev–Trinajstić information content (AvgIpc) is 3.24. The molecule has 7 heteroatoms. The van der Waals surface area contributed by atoms with Gasteiger partial charge in [0.2, 0.25) is 6.79 Å². The van der Waals surface area contributed by atoms with Gasteiger partial charge in [-0.05, 0) is 30.3 Å². The van der Waals surface area contributed by atoms with Gasteiger partial charge >= 0.3 is 0 Å². The van der Waals surface area contributed by atoms with Crippen molar-refractivity contribution in [2.45, 2.75) is 0 Å². The van der Waals surface area contributed by atoms with Crippen LogP contribution in [-0.2, 0) is 0 Å². The highest BCUT2D eigenvalue weighted by atomic mass is 32.1. The van der Waals surface area contributed by atoms with E-state index in [2.05, 4.69) is 15.3 Å². The second kappa shape index (κ2) is 5.69. The smallest absolute Gasteiger partial charge is 0.267 e. The quantitative estimate of drug-likeness (QED) is 0.800. The van der Waals surface area contributed by atoms with Gasteiger partial charge in [-0.15, -0.1) is 11.3 Å². The van der Waals surface area contributed by atoms with Crippen LogP contribution in [0.15, 0.2) is 48.9 Å². The minimum atomic E-state index is -0.194. The lowest BCUT2D eigenvalue weighted by Gasteiger charge is -2.01. The molecule has 2 aromatic heterocycles. The number of hydrogen-bond donors (Lipinski definition) is 1. The minimum absolute atomic E-state index is 0.194. The van der Waals surface area contributed by atoms with Gasteiger partial charge in [0.15, 0.2) is 11.5 Å². The van der Waals surface area contributed by atoms with E-state index in [4.69, 9.17) is 9.47 Å². The van der Waals surface area contributed by atoms with E-state index >= 15 is 0 Å². The molecule has 1 amide bonds. The molecule has 0 fully saturated rings. The summed E-state index contributed by atoms with van der Waals surface area (Å²) in [7, 11) is 0. The summed E-state index contributed by atoms with van der Waals surface area (Å²) in [5.74, 6) is 1.22. The molecule has 0 atom stereocenters. The molecule has 0 saturated carbocycles. The Hall–Kier alpha value is -2.93. The number of carbonyl (C=O) groups is 1. The van der Waals surface area contributed by atoms with Gasteiger partial charge < -0.3 is 14.8 Å². The second-order valence-corrected chi connectivity index (χ2v) is 5.82. The second-order valence-electron chi connectivity index (χ2n) is 4.79. The van der Waals surface area contributed by atoms with Gasteiger partial charge in [-0.1, -0.05) is 0 Å². The molecule has 3 heterocycles. The van der Waals surface area contributed by atoms with Crippen molar-refractivity contribution in [1.82, 2.24) is 9.97 Å². The van der Waals surface area contributed by atoms with Gasteiger partial charge in [0.25, 0.3) is 5.91 Å². The maximum Gasteiger partial charge on any atom is 0.267 e. The molecule has 0 saturated heterocycles. The summed E-state index contributed by atoms with van der Waals surface area (Å²) in [6, 6.07) is 9.08. The maximum absolute atomic E-state index is 12.2. The summed E-state index contributed by atoms with van der Waals surface area (Å²) in [5.41, 5.74) is 1.59. The Morgan fingerprint density at radius 3 is 2.83 bits per heavy atom. The van der Waals surface area contributed by atoms with Gasteiger partial charge in [0.05, 0.1) is 6.20 Å². The van der Waals surface area contributed by atoms with E-state index in [9.17, 15) is 4.79 Å². The summed E-state index contributed by atoms with van der Waals surface area (Å²) < 4.78 is 10.7. The van der Waals surface area contributed by atoms with Crippen LogP contribution >= 0.6 is 11.3 Å². The molecule has 0 spiro atoms. The number of rotatable bonds is 3. The van der Waals surface area contributed by atoms with Crippen LogP contribution in [-0.4, -0.2) is 22.7 Å². The first-order valence-corrected chi connectivity index (χ1v) is 7.68. The number of hydrogen-bond acceptors (Lipinski definition) is 6. The van der Waals surface area contributed by atoms with Crippen molar-refractivity contribution in [1.29, 1.82) is 0 Å². The molecule has 114 valence electrons. The van der Waals surface area contributed by atoms with Gasteiger partial charge in [0, 0.05) is 23.6 Å². The van der Waals surface area contributed by atoms with Crippen LogP contribution in [0.5, 0.6) is 11.5 Å². The van der Waals surface area contributed by atoms with Crippen LogP contribution in [0.3, 0.4) is 0 Å². The largest absolute Gasteiger partial charge is 0.454 e. The lowest BCUT2D eigenvalue weighted by Crippen LogP contribution is -2.09. The maximum atomic E-state index is 12.2. The zero-order valence-electron chi connectivity index (χ0n) is 11.9. The number of pyridine rings is 1. The van der Waals surface area contributed by atoms with Gasteiger partial charge in [-0.2, -0.15) is 0 Å². The third-order valence-electron chi connectivity index (χ3n) is 3.29. The Kier molecular flexibility index (Phi) is 3.39. The molecule has 1 aliphatic rings. The van der Waals surface area contributed by atoms with E-state index in [1.807, 2.05) is 18.2 Å². The van der Waals surface area contributed by atoms with Crippen molar-refractivity contribution < 1.29 is 14.3 Å². The molecule has 3 aromatic rings. The van der Waals surface area contributed by atoms with E-state index < -0.39 is 0 Å². The summed E-state index contributed by atoms with van der Waals surface area (Å²) >= 11 is 1.32. The van der Waals surface area contributed by atoms with Crippen molar-refractivity contribution in [3.05, 3.63) is 53.8 Å². The van der Waals surface area contributed by atoms with E-state index in [1.165, 1.54) is 11.3 Å². The first kappa shape index (κ1) is 13.7. The first-order chi connectivity index (χ1) is 11.3. The summed E-state index contributed by atoms with van der Waals surface area (Å²) in [6.45, 7) is 0.232. The molecule has 1 aromatic carbocycles. The average molecular weight is 325 g/mol. The molecule has 0 bridgehead atoms. The molecule has 0 unspecified atom stereocenters. The van der Waals surface area contributed by atoms with E-state index in [0.717, 1.165) is 16.3 Å². The lowest BCUT2D eigenvalue weighted by molar-refractivity contribution is 0.103. The molecular weight excluding hydrogens is 314 g/mol. The van der Waals surface area contributed by atoms with E-state index in [-0.39, 0.29) is 12.7 Å². The number of nitrogens with one attached hydrogen (secondary N) is 1. The first-order valence-electron chi connectivity index (χ1n) is 6.87. The van der Waals surface area contributed by atoms with Gasteiger partial charge in [-0.25, -0.2) is 4.98 Å². The number of benzene rings is 1. The van der Waals surface area contributed by atoms with Crippen LogP contribution in [0.4, 0.5) is 5.69 Å². The predicted molar refractivity (Wildman–Crippen MR) is 85.9 cm³/mol. The standard InChI is InChI=1S/C16H11N3O3S/c20-15(19-11-3-5-17-6-4-11)14-8-18-16(23-14)10-1-2-12-13(7-10)22-9-21-12/h1-8H,9H2,(H,17,19,20). The summed E-state index contributed by atoms with van der Waals surface area (Å²) in [6.07, 6.45) is 4.82. The Balaban J connectivity index is 1.56. The van der Waals surface area contributed by atoms with E-state index in [1.54, 1.807) is 30.7 Å². The number of thiazole rings is 1. The summed E-state index contributed by atoms with van der Waals surface area (Å²) in [5, 5.41) is 3.56. The monoisotopic (exact) mass is 325 g/mol. The van der Waals surface area contributed by atoms with Crippen molar-refractivity contribution in [2.24, 2.45) is 0 Å². The number of anilines is 1. The molecular formula is C16H11N3O3S. The molecule has 1 aliphatic heterocycles. The molecule has 4 rings (SSSR count). The Morgan fingerprint density at radius 1 is 1.13 bits per heavy atom. The normalized spacial score (nSPS) is 12.2. The van der Waals surface area contributed by atoms with Crippen molar-refractivity contribution >= 4 is 22.9 Å². The number of carbonyl (C=O) groups excluding carboxylic acids is 1. The third-order valence-corrected chi connectivity index (χ3v) is 4.33. The lowest BCUT2D eigenvalue weighted by atomic mass is 10.2. The fourth-order valence-corrected chi connectivity index (χ4v) is 2.98. The highest BCUT2D eigenvalue weighted by Crippen LogP contribution is 2.37. The van der Waals surface area contributed by atoms with Crippen LogP contribution in [0, 0.1) is 0 Å². The van der Waals surface area contributed by atoms with E-state index in [0.29, 0.717) is 16.3 Å². The highest BCUT2D eigenvalue weighted by molar-refractivity contribution is 7.17. The molecule has 0 radical (unpaired) electrons. The molecule has 1 N–H and O–H groups in total. The van der Waals surface area contributed by atoms with Crippen LogP contribution in [0.25, 0.3) is 10.6 Å². The SMILES string of the molecule is O=C(Nc1ccncc1)c1cnc(-c2ccc3c(c2)OCO3)s1. The van der Waals surface area contributed by atoms with Crippen LogP contribution in [0.1, 0.15) is 9.67 Å². The Morgan fingerprint density at radius 2 is 1.96 bits per heavy atom. The molecule has 0 aliphatic carbocycles. The summed E-state index contributed by atoms with van der Waals surface area (Å²) in [4.78, 5) is 21.0. The number of ether oxygens (including phenoxy) is 2. The van der Waals surface area contributed by atoms with Crippen LogP contribution in [0.2, 0.25) is 0 Å². The number of aromatic nitrogens is 2. The van der Waals surface area contributed by atoms with Crippen molar-refractivity contribution in [3.8, 4) is 22.1 Å². The van der Waals surface area contributed by atoms with Crippen molar-refractivity contribution in [2.75, 3.05) is 12.1 Å². The Bertz CT molecular complexity index is 864. The number of fused-ring (bicyclic) bond motifs is 1. The Labute approximate surface area is 135 Å². The third kappa shape index (κ3) is 2.74. The highest BCUT2D eigenvalue weighted by Gasteiger charge is 2.16. The minimum Gasteiger partial charge on any atom is -0.454 e. The van der Waals surface area contributed by atoms with Crippen LogP contribution < -0.4 is 14.8 Å².